The second-order valence-electron chi connectivity index (χ2n) is 1.47. The fourth-order valence-electron chi connectivity index (χ4n) is 0.229. The summed E-state index contributed by atoms with van der Waals surface area (Å²) < 4.78 is 0. The highest BCUT2D eigenvalue weighted by atomic mass is 14.3. The predicted octanol–water partition coefficient (Wildman–Crippen LogP) is 1.19. The molecule has 0 saturated carbocycles. The largest absolute Gasteiger partial charge is 0.313 e. The first-order chi connectivity index (χ1) is 3.31. The molecule has 0 aromatic rings. The van der Waals surface area contributed by atoms with Gasteiger partial charge < -0.3 is 5.41 Å². The molecule has 1 N–H and O–H groups in total. The number of nitriles is 1. The molecule has 0 bridgehead atoms. The third-order valence-electron chi connectivity index (χ3n) is 0.692. The van der Waals surface area contributed by atoms with Crippen molar-refractivity contribution in [2.75, 3.05) is 0 Å². The first-order valence-corrected chi connectivity index (χ1v) is 2.19. The van der Waals surface area contributed by atoms with E-state index in [2.05, 4.69) is 0 Å². The molecule has 7 heavy (non-hydrogen) atoms. The predicted molar refractivity (Wildman–Crippen MR) is 28.2 cm³/mol. The molecule has 0 aliphatic rings. The molecule has 0 spiro atoms. The van der Waals surface area contributed by atoms with Crippen LogP contribution < -0.4 is 0 Å². The third-order valence-corrected chi connectivity index (χ3v) is 0.692. The molecule has 0 amide bonds. The summed E-state index contributed by atoms with van der Waals surface area (Å²) in [5.74, 6) is 0.0116. The quantitative estimate of drug-likeness (QED) is 0.515. The van der Waals surface area contributed by atoms with E-state index in [1.807, 2.05) is 6.07 Å². The molecule has 0 aliphatic carbocycles. The Bertz CT molecular complexity index is 90.7. The van der Waals surface area contributed by atoms with Gasteiger partial charge in [-0.15, -0.1) is 0 Å². The number of hydrogen-bond donors (Lipinski definition) is 1. The molecule has 0 fully saturated rings. The van der Waals surface area contributed by atoms with E-state index < -0.39 is 0 Å². The maximum atomic E-state index is 8.11. The zero-order valence-electron chi connectivity index (χ0n) is 4.31. The number of hydrogen-bond acceptors (Lipinski definition) is 2. The van der Waals surface area contributed by atoms with Crippen molar-refractivity contribution in [1.29, 1.82) is 10.7 Å². The second kappa shape index (κ2) is 3.35. The van der Waals surface area contributed by atoms with Gasteiger partial charge in [0.2, 0.25) is 0 Å². The highest BCUT2D eigenvalue weighted by Gasteiger charge is 1.91. The topological polar surface area (TPSA) is 47.6 Å². The van der Waals surface area contributed by atoms with Crippen LogP contribution in [0.25, 0.3) is 0 Å². The van der Waals surface area contributed by atoms with Crippen LogP contribution in [-0.4, -0.2) is 6.21 Å². The number of rotatable bonds is 2. The van der Waals surface area contributed by atoms with Crippen molar-refractivity contribution >= 4 is 6.21 Å². The minimum absolute atomic E-state index is 0.0116. The van der Waals surface area contributed by atoms with Gasteiger partial charge in [-0.1, -0.05) is 0 Å². The van der Waals surface area contributed by atoms with Gasteiger partial charge in [0.05, 0.1) is 6.07 Å². The number of nitrogens with one attached hydrogen (secondary N) is 1. The Morgan fingerprint density at radius 2 is 2.57 bits per heavy atom. The van der Waals surface area contributed by atoms with Gasteiger partial charge in [-0.2, -0.15) is 5.26 Å². The zero-order valence-corrected chi connectivity index (χ0v) is 4.31. The highest BCUT2D eigenvalue weighted by Crippen LogP contribution is 1.93. The lowest BCUT2D eigenvalue weighted by Gasteiger charge is -1.88. The van der Waals surface area contributed by atoms with Crippen LogP contribution >= 0.6 is 0 Å². The maximum absolute atomic E-state index is 8.11. The molecule has 2 heteroatoms. The SMILES string of the molecule is C[C@H](C#N)CC=N. The van der Waals surface area contributed by atoms with E-state index in [9.17, 15) is 0 Å². The van der Waals surface area contributed by atoms with Gasteiger partial charge in [0.1, 0.15) is 0 Å². The molecular formula is C5H8N2. The average molecular weight is 96.1 g/mol. The van der Waals surface area contributed by atoms with Crippen molar-refractivity contribution < 1.29 is 0 Å². The normalized spacial score (nSPS) is 12.0. The summed E-state index contributed by atoms with van der Waals surface area (Å²) in [6.45, 7) is 1.80. The molecule has 0 aromatic carbocycles. The van der Waals surface area contributed by atoms with Crippen molar-refractivity contribution in [3.8, 4) is 6.07 Å². The molecule has 0 radical (unpaired) electrons. The van der Waals surface area contributed by atoms with Crippen LogP contribution in [0.5, 0.6) is 0 Å². The van der Waals surface area contributed by atoms with Gasteiger partial charge in [-0.25, -0.2) is 0 Å². The summed E-state index contributed by atoms with van der Waals surface area (Å²) in [4.78, 5) is 0. The molecule has 2 nitrogen and oxygen atoms in total. The Kier molecular flexibility index (Phi) is 2.95. The Balaban J connectivity index is 3.21. The molecule has 0 rings (SSSR count). The Morgan fingerprint density at radius 1 is 2.00 bits per heavy atom. The van der Waals surface area contributed by atoms with E-state index in [0.717, 1.165) is 0 Å². The van der Waals surface area contributed by atoms with E-state index >= 15 is 0 Å². The summed E-state index contributed by atoms with van der Waals surface area (Å²) in [5.41, 5.74) is 0. The zero-order chi connectivity index (χ0) is 5.70. The maximum Gasteiger partial charge on any atom is 0.0656 e. The van der Waals surface area contributed by atoms with Crippen molar-refractivity contribution in [2.45, 2.75) is 13.3 Å². The van der Waals surface area contributed by atoms with Gasteiger partial charge in [0.25, 0.3) is 0 Å². The summed E-state index contributed by atoms with van der Waals surface area (Å²) in [6.07, 6.45) is 1.84. The monoisotopic (exact) mass is 96.1 g/mol. The van der Waals surface area contributed by atoms with Gasteiger partial charge in [0, 0.05) is 5.92 Å². The standard InChI is InChI=1S/C5H8N2/c1-5(4-7)2-3-6/h3,5-6H,2H2,1H3/t5-/m0/s1. The lowest BCUT2D eigenvalue weighted by Crippen LogP contribution is -1.87. The lowest BCUT2D eigenvalue weighted by atomic mass is 10.1. The fourth-order valence-corrected chi connectivity index (χ4v) is 0.229. The summed E-state index contributed by atoms with van der Waals surface area (Å²) in [6, 6.07) is 2.01. The molecule has 0 unspecified atom stereocenters. The summed E-state index contributed by atoms with van der Waals surface area (Å²) in [5, 5.41) is 14.7. The Labute approximate surface area is 43.3 Å². The second-order valence-corrected chi connectivity index (χ2v) is 1.47. The molecule has 1 atom stereocenters. The van der Waals surface area contributed by atoms with Gasteiger partial charge in [0.15, 0.2) is 0 Å². The molecule has 0 saturated heterocycles. The van der Waals surface area contributed by atoms with E-state index in [-0.39, 0.29) is 5.92 Å². The van der Waals surface area contributed by atoms with Crippen LogP contribution in [0, 0.1) is 22.7 Å². The minimum atomic E-state index is 0.0116. The summed E-state index contributed by atoms with van der Waals surface area (Å²) >= 11 is 0. The molecule has 0 aromatic heterocycles. The summed E-state index contributed by atoms with van der Waals surface area (Å²) in [7, 11) is 0. The van der Waals surface area contributed by atoms with Crippen molar-refractivity contribution in [3.63, 3.8) is 0 Å². The van der Waals surface area contributed by atoms with E-state index in [4.69, 9.17) is 10.7 Å². The van der Waals surface area contributed by atoms with Gasteiger partial charge in [-0.3, -0.25) is 0 Å². The van der Waals surface area contributed by atoms with E-state index in [1.54, 1.807) is 6.92 Å². The van der Waals surface area contributed by atoms with Crippen molar-refractivity contribution in [2.24, 2.45) is 5.92 Å². The van der Waals surface area contributed by atoms with Crippen molar-refractivity contribution in [3.05, 3.63) is 0 Å². The number of nitrogens with zero attached hydrogens (tertiary/aromatic N) is 1. The van der Waals surface area contributed by atoms with Crippen molar-refractivity contribution in [1.82, 2.24) is 0 Å². The van der Waals surface area contributed by atoms with Gasteiger partial charge >= 0.3 is 0 Å². The van der Waals surface area contributed by atoms with E-state index in [0.29, 0.717) is 6.42 Å². The van der Waals surface area contributed by atoms with Crippen LogP contribution in [0.1, 0.15) is 13.3 Å². The first-order valence-electron chi connectivity index (χ1n) is 2.19. The molecule has 38 valence electrons. The third kappa shape index (κ3) is 2.98. The van der Waals surface area contributed by atoms with Gasteiger partial charge in [-0.05, 0) is 19.6 Å². The Hall–Kier alpha value is -0.840. The molecular weight excluding hydrogens is 88.1 g/mol. The van der Waals surface area contributed by atoms with Crippen LogP contribution in [0.3, 0.4) is 0 Å². The minimum Gasteiger partial charge on any atom is -0.313 e. The van der Waals surface area contributed by atoms with Crippen LogP contribution in [0.15, 0.2) is 0 Å². The smallest absolute Gasteiger partial charge is 0.0656 e. The fraction of sp³-hybridized carbons (Fsp3) is 0.600. The Morgan fingerprint density at radius 3 is 2.71 bits per heavy atom. The lowest BCUT2D eigenvalue weighted by molar-refractivity contribution is 0.792. The molecule has 0 heterocycles. The van der Waals surface area contributed by atoms with Crippen LogP contribution in [0.2, 0.25) is 0 Å². The average Bonchev–Trinajstić information content (AvgIpc) is 1.68. The molecule has 0 aliphatic heterocycles. The first kappa shape index (κ1) is 6.16. The van der Waals surface area contributed by atoms with Crippen LogP contribution in [0.4, 0.5) is 0 Å². The van der Waals surface area contributed by atoms with E-state index in [1.165, 1.54) is 6.21 Å². The highest BCUT2D eigenvalue weighted by molar-refractivity contribution is 5.53. The van der Waals surface area contributed by atoms with Crippen LogP contribution in [-0.2, 0) is 0 Å².